The predicted molar refractivity (Wildman–Crippen MR) is 106 cm³/mol. The Morgan fingerprint density at radius 1 is 0.800 bits per heavy atom. The Kier molecular flexibility index (Phi) is 6.00. The van der Waals surface area contributed by atoms with Gasteiger partial charge in [-0.3, -0.25) is 4.79 Å². The maximum Gasteiger partial charge on any atom is 0.167 e. The second-order valence-electron chi connectivity index (χ2n) is 6.70. The number of rotatable bonds is 8. The summed E-state index contributed by atoms with van der Waals surface area (Å²) in [7, 11) is 0. The number of unbranched alkanes of at least 4 members (excludes halogenated alkanes) is 3. The lowest BCUT2D eigenvalue weighted by atomic mass is 9.91. The Labute approximate surface area is 150 Å². The zero-order valence-corrected chi connectivity index (χ0v) is 15.0. The highest BCUT2D eigenvalue weighted by molar-refractivity contribution is 6.00. The SMILES string of the molecule is CCCCCCc1ccc2ccccc2c1CC(=O)c1ccccc1. The Bertz CT molecular complexity index is 833. The van der Waals surface area contributed by atoms with E-state index in [4.69, 9.17) is 0 Å². The van der Waals surface area contributed by atoms with Gasteiger partial charge in [-0.05, 0) is 34.7 Å². The fraction of sp³-hybridized carbons (Fsp3) is 0.292. The molecule has 0 atom stereocenters. The molecule has 128 valence electrons. The van der Waals surface area contributed by atoms with Crippen molar-refractivity contribution in [1.82, 2.24) is 0 Å². The molecule has 0 saturated carbocycles. The van der Waals surface area contributed by atoms with Gasteiger partial charge in [-0.15, -0.1) is 0 Å². The smallest absolute Gasteiger partial charge is 0.167 e. The zero-order valence-electron chi connectivity index (χ0n) is 15.0. The number of hydrogen-bond donors (Lipinski definition) is 0. The van der Waals surface area contributed by atoms with Crippen LogP contribution in [0.2, 0.25) is 0 Å². The van der Waals surface area contributed by atoms with Crippen molar-refractivity contribution in [1.29, 1.82) is 0 Å². The molecule has 0 heterocycles. The molecule has 0 aliphatic heterocycles. The molecule has 0 amide bonds. The summed E-state index contributed by atoms with van der Waals surface area (Å²) >= 11 is 0. The number of aryl methyl sites for hydroxylation is 1. The zero-order chi connectivity index (χ0) is 17.5. The molecule has 3 rings (SSSR count). The van der Waals surface area contributed by atoms with Crippen LogP contribution in [0.5, 0.6) is 0 Å². The molecular formula is C24H26O. The van der Waals surface area contributed by atoms with Crippen molar-refractivity contribution in [3.63, 3.8) is 0 Å². The molecular weight excluding hydrogens is 304 g/mol. The molecule has 0 radical (unpaired) electrons. The number of carbonyl (C=O) groups excluding carboxylic acids is 1. The van der Waals surface area contributed by atoms with Gasteiger partial charge in [0.25, 0.3) is 0 Å². The van der Waals surface area contributed by atoms with Crippen LogP contribution in [-0.2, 0) is 12.8 Å². The van der Waals surface area contributed by atoms with E-state index in [0.717, 1.165) is 12.0 Å². The lowest BCUT2D eigenvalue weighted by molar-refractivity contribution is 0.0993. The molecule has 25 heavy (non-hydrogen) atoms. The van der Waals surface area contributed by atoms with Crippen LogP contribution in [0.3, 0.4) is 0 Å². The van der Waals surface area contributed by atoms with E-state index in [1.807, 2.05) is 30.3 Å². The third-order valence-electron chi connectivity index (χ3n) is 4.87. The minimum absolute atomic E-state index is 0.201. The predicted octanol–water partition coefficient (Wildman–Crippen LogP) is 6.39. The average Bonchev–Trinajstić information content (AvgIpc) is 2.67. The van der Waals surface area contributed by atoms with Crippen LogP contribution in [0.25, 0.3) is 10.8 Å². The topological polar surface area (TPSA) is 17.1 Å². The van der Waals surface area contributed by atoms with Gasteiger partial charge in [-0.2, -0.15) is 0 Å². The Morgan fingerprint density at radius 3 is 2.36 bits per heavy atom. The van der Waals surface area contributed by atoms with Crippen molar-refractivity contribution >= 4 is 16.6 Å². The summed E-state index contributed by atoms with van der Waals surface area (Å²) in [6, 6.07) is 22.5. The van der Waals surface area contributed by atoms with Crippen LogP contribution < -0.4 is 0 Å². The van der Waals surface area contributed by atoms with Crippen LogP contribution >= 0.6 is 0 Å². The molecule has 1 heteroatoms. The molecule has 0 spiro atoms. The number of fused-ring (bicyclic) bond motifs is 1. The van der Waals surface area contributed by atoms with E-state index >= 15 is 0 Å². The van der Waals surface area contributed by atoms with Crippen molar-refractivity contribution in [2.24, 2.45) is 0 Å². The number of hydrogen-bond acceptors (Lipinski definition) is 1. The van der Waals surface area contributed by atoms with Gasteiger partial charge in [0, 0.05) is 12.0 Å². The Hall–Kier alpha value is -2.41. The van der Waals surface area contributed by atoms with E-state index in [2.05, 4.69) is 43.3 Å². The van der Waals surface area contributed by atoms with Crippen LogP contribution in [0.4, 0.5) is 0 Å². The summed E-state index contributed by atoms with van der Waals surface area (Å²) in [5, 5.41) is 2.44. The summed E-state index contributed by atoms with van der Waals surface area (Å²) in [6.07, 6.45) is 6.52. The summed E-state index contributed by atoms with van der Waals surface area (Å²) in [5.41, 5.74) is 3.34. The largest absolute Gasteiger partial charge is 0.294 e. The highest BCUT2D eigenvalue weighted by Crippen LogP contribution is 2.26. The molecule has 0 aliphatic rings. The molecule has 0 fully saturated rings. The van der Waals surface area contributed by atoms with E-state index < -0.39 is 0 Å². The van der Waals surface area contributed by atoms with Gasteiger partial charge in [0.2, 0.25) is 0 Å². The first kappa shape index (κ1) is 17.4. The second kappa shape index (κ2) is 8.62. The second-order valence-corrected chi connectivity index (χ2v) is 6.70. The maximum atomic E-state index is 12.8. The minimum Gasteiger partial charge on any atom is -0.294 e. The van der Waals surface area contributed by atoms with Gasteiger partial charge in [-0.1, -0.05) is 92.9 Å². The summed E-state index contributed by atoms with van der Waals surface area (Å²) < 4.78 is 0. The monoisotopic (exact) mass is 330 g/mol. The molecule has 0 N–H and O–H groups in total. The normalized spacial score (nSPS) is 10.9. The third kappa shape index (κ3) is 4.36. The molecule has 1 nitrogen and oxygen atoms in total. The van der Waals surface area contributed by atoms with Crippen LogP contribution in [0.1, 0.15) is 54.1 Å². The van der Waals surface area contributed by atoms with E-state index in [0.29, 0.717) is 6.42 Å². The summed E-state index contributed by atoms with van der Waals surface area (Å²) in [5.74, 6) is 0.201. The van der Waals surface area contributed by atoms with E-state index in [1.54, 1.807) is 0 Å². The lowest BCUT2D eigenvalue weighted by Crippen LogP contribution is -2.07. The molecule has 0 unspecified atom stereocenters. The van der Waals surface area contributed by atoms with E-state index in [-0.39, 0.29) is 5.78 Å². The number of benzene rings is 3. The summed E-state index contributed by atoms with van der Waals surface area (Å²) in [6.45, 7) is 2.24. The number of Topliss-reactive ketones (excluding diaryl/α,β-unsaturated/α-hetero) is 1. The number of carbonyl (C=O) groups is 1. The Morgan fingerprint density at radius 2 is 1.56 bits per heavy atom. The minimum atomic E-state index is 0.201. The lowest BCUT2D eigenvalue weighted by Gasteiger charge is -2.13. The first-order valence-electron chi connectivity index (χ1n) is 9.37. The van der Waals surface area contributed by atoms with Gasteiger partial charge in [0.15, 0.2) is 5.78 Å². The first-order chi connectivity index (χ1) is 12.3. The Balaban J connectivity index is 1.91. The summed E-state index contributed by atoms with van der Waals surface area (Å²) in [4.78, 5) is 12.8. The molecule has 3 aromatic carbocycles. The quantitative estimate of drug-likeness (QED) is 0.345. The fourth-order valence-corrected chi connectivity index (χ4v) is 3.45. The number of ketones is 1. The molecule has 0 saturated heterocycles. The first-order valence-corrected chi connectivity index (χ1v) is 9.37. The van der Waals surface area contributed by atoms with Crippen LogP contribution in [-0.4, -0.2) is 5.78 Å². The van der Waals surface area contributed by atoms with Gasteiger partial charge >= 0.3 is 0 Å². The fourth-order valence-electron chi connectivity index (χ4n) is 3.45. The standard InChI is InChI=1S/C24H26O/c1-2-3-4-6-11-20-17-16-19-12-9-10-15-22(19)23(20)18-24(25)21-13-7-5-8-14-21/h5,7-10,12-17H,2-4,6,11,18H2,1H3. The highest BCUT2D eigenvalue weighted by Gasteiger charge is 2.13. The van der Waals surface area contributed by atoms with Gasteiger partial charge in [0.1, 0.15) is 0 Å². The van der Waals surface area contributed by atoms with Crippen molar-refractivity contribution < 1.29 is 4.79 Å². The van der Waals surface area contributed by atoms with E-state index in [9.17, 15) is 4.79 Å². The van der Waals surface area contributed by atoms with Crippen molar-refractivity contribution in [2.45, 2.75) is 45.4 Å². The van der Waals surface area contributed by atoms with Crippen molar-refractivity contribution in [2.75, 3.05) is 0 Å². The van der Waals surface area contributed by atoms with E-state index in [1.165, 1.54) is 47.6 Å². The third-order valence-corrected chi connectivity index (χ3v) is 4.87. The molecule has 0 aromatic heterocycles. The highest BCUT2D eigenvalue weighted by atomic mass is 16.1. The van der Waals surface area contributed by atoms with Gasteiger partial charge in [0.05, 0.1) is 0 Å². The maximum absolute atomic E-state index is 12.8. The van der Waals surface area contributed by atoms with Crippen LogP contribution in [0, 0.1) is 0 Å². The molecule has 3 aromatic rings. The van der Waals surface area contributed by atoms with Crippen LogP contribution in [0.15, 0.2) is 66.7 Å². The molecule has 0 aliphatic carbocycles. The molecule has 0 bridgehead atoms. The van der Waals surface area contributed by atoms with Gasteiger partial charge < -0.3 is 0 Å². The van der Waals surface area contributed by atoms with Crippen molar-refractivity contribution in [3.05, 3.63) is 83.4 Å². The van der Waals surface area contributed by atoms with Gasteiger partial charge in [-0.25, -0.2) is 0 Å². The average molecular weight is 330 g/mol. The van der Waals surface area contributed by atoms with Crippen molar-refractivity contribution in [3.8, 4) is 0 Å².